The van der Waals surface area contributed by atoms with Crippen molar-refractivity contribution < 1.29 is 0 Å². The number of aromatic amines is 1. The number of aromatic nitrogens is 3. The SMILES string of the molecule is Clc1cc(Cl)cc(CN[C@H]2CCC[C@@H](c3nc4nc(Cl)ccc4[nH]3)C2)c1. The van der Waals surface area contributed by atoms with Crippen molar-refractivity contribution in [1.82, 2.24) is 20.3 Å². The lowest BCUT2D eigenvalue weighted by Gasteiger charge is -2.29. The van der Waals surface area contributed by atoms with Crippen molar-refractivity contribution in [2.45, 2.75) is 44.2 Å². The summed E-state index contributed by atoms with van der Waals surface area (Å²) < 4.78 is 0. The van der Waals surface area contributed by atoms with Gasteiger partial charge in [-0.15, -0.1) is 0 Å². The number of hydrogen-bond donors (Lipinski definition) is 2. The molecule has 0 aliphatic heterocycles. The van der Waals surface area contributed by atoms with Gasteiger partial charge in [0, 0.05) is 28.5 Å². The molecular formula is C19H19Cl3N4. The van der Waals surface area contributed by atoms with Crippen molar-refractivity contribution >= 4 is 46.0 Å². The molecule has 2 N–H and O–H groups in total. The van der Waals surface area contributed by atoms with E-state index in [9.17, 15) is 0 Å². The summed E-state index contributed by atoms with van der Waals surface area (Å²) in [5.41, 5.74) is 2.73. The van der Waals surface area contributed by atoms with Crippen LogP contribution in [0.15, 0.2) is 30.3 Å². The maximum absolute atomic E-state index is 6.08. The van der Waals surface area contributed by atoms with E-state index in [4.69, 9.17) is 34.8 Å². The quantitative estimate of drug-likeness (QED) is 0.541. The Morgan fingerprint density at radius 2 is 1.85 bits per heavy atom. The molecule has 136 valence electrons. The zero-order valence-corrected chi connectivity index (χ0v) is 16.4. The highest BCUT2D eigenvalue weighted by Crippen LogP contribution is 2.32. The monoisotopic (exact) mass is 408 g/mol. The Balaban J connectivity index is 1.43. The van der Waals surface area contributed by atoms with Crippen LogP contribution in [0.2, 0.25) is 15.2 Å². The van der Waals surface area contributed by atoms with Gasteiger partial charge in [-0.05, 0) is 55.2 Å². The Labute approximate surface area is 167 Å². The minimum Gasteiger partial charge on any atom is -0.340 e. The summed E-state index contributed by atoms with van der Waals surface area (Å²) in [6.07, 6.45) is 4.51. The van der Waals surface area contributed by atoms with Crippen LogP contribution in [0, 0.1) is 0 Å². The molecule has 26 heavy (non-hydrogen) atoms. The normalized spacial score (nSPS) is 20.6. The van der Waals surface area contributed by atoms with Crippen molar-refractivity contribution in [2.75, 3.05) is 0 Å². The van der Waals surface area contributed by atoms with Gasteiger partial charge in [-0.2, -0.15) is 0 Å². The molecule has 1 fully saturated rings. The van der Waals surface area contributed by atoms with Gasteiger partial charge < -0.3 is 10.3 Å². The largest absolute Gasteiger partial charge is 0.340 e. The van der Waals surface area contributed by atoms with Crippen LogP contribution in [0.5, 0.6) is 0 Å². The van der Waals surface area contributed by atoms with Crippen LogP contribution in [0.25, 0.3) is 11.2 Å². The van der Waals surface area contributed by atoms with Gasteiger partial charge in [-0.25, -0.2) is 9.97 Å². The van der Waals surface area contributed by atoms with Crippen molar-refractivity contribution in [3.05, 3.63) is 56.9 Å². The van der Waals surface area contributed by atoms with E-state index in [1.165, 1.54) is 6.42 Å². The summed E-state index contributed by atoms with van der Waals surface area (Å²) in [5, 5.41) is 5.45. The van der Waals surface area contributed by atoms with Crippen molar-refractivity contribution in [3.8, 4) is 0 Å². The van der Waals surface area contributed by atoms with Crippen LogP contribution in [-0.4, -0.2) is 21.0 Å². The molecular weight excluding hydrogens is 391 g/mol. The molecule has 1 aliphatic rings. The minimum atomic E-state index is 0.400. The van der Waals surface area contributed by atoms with Crippen LogP contribution in [0.4, 0.5) is 0 Å². The fraction of sp³-hybridized carbons (Fsp3) is 0.368. The van der Waals surface area contributed by atoms with E-state index >= 15 is 0 Å². The lowest BCUT2D eigenvalue weighted by atomic mass is 9.85. The number of pyridine rings is 1. The first-order valence-electron chi connectivity index (χ1n) is 8.77. The molecule has 4 rings (SSSR count). The number of hydrogen-bond acceptors (Lipinski definition) is 3. The number of halogens is 3. The number of benzene rings is 1. The second-order valence-electron chi connectivity index (χ2n) is 6.85. The molecule has 2 atom stereocenters. The molecule has 0 unspecified atom stereocenters. The predicted molar refractivity (Wildman–Crippen MR) is 107 cm³/mol. The van der Waals surface area contributed by atoms with Gasteiger partial charge in [0.2, 0.25) is 0 Å². The lowest BCUT2D eigenvalue weighted by Crippen LogP contribution is -2.33. The second-order valence-corrected chi connectivity index (χ2v) is 8.11. The third kappa shape index (κ3) is 4.15. The highest BCUT2D eigenvalue weighted by Gasteiger charge is 2.25. The summed E-state index contributed by atoms with van der Waals surface area (Å²) in [7, 11) is 0. The zero-order chi connectivity index (χ0) is 18.1. The van der Waals surface area contributed by atoms with E-state index in [-0.39, 0.29) is 0 Å². The van der Waals surface area contributed by atoms with Gasteiger partial charge in [0.05, 0.1) is 5.52 Å². The molecule has 7 heteroatoms. The van der Waals surface area contributed by atoms with Gasteiger partial charge in [0.1, 0.15) is 11.0 Å². The molecule has 0 radical (unpaired) electrons. The van der Waals surface area contributed by atoms with Gasteiger partial charge in [-0.3, -0.25) is 0 Å². The first kappa shape index (κ1) is 18.1. The minimum absolute atomic E-state index is 0.400. The highest BCUT2D eigenvalue weighted by molar-refractivity contribution is 6.34. The first-order chi connectivity index (χ1) is 12.6. The highest BCUT2D eigenvalue weighted by atomic mass is 35.5. The van der Waals surface area contributed by atoms with E-state index in [1.54, 1.807) is 12.1 Å². The lowest BCUT2D eigenvalue weighted by molar-refractivity contribution is 0.332. The second kappa shape index (κ2) is 7.73. The van der Waals surface area contributed by atoms with E-state index in [0.717, 1.165) is 42.7 Å². The van der Waals surface area contributed by atoms with Crippen LogP contribution < -0.4 is 5.32 Å². The molecule has 1 aliphatic carbocycles. The zero-order valence-electron chi connectivity index (χ0n) is 14.1. The first-order valence-corrected chi connectivity index (χ1v) is 9.91. The summed E-state index contributed by atoms with van der Waals surface area (Å²) >= 11 is 18.1. The molecule has 0 amide bonds. The molecule has 2 aromatic heterocycles. The third-order valence-electron chi connectivity index (χ3n) is 4.91. The van der Waals surface area contributed by atoms with E-state index in [0.29, 0.717) is 32.8 Å². The molecule has 1 saturated carbocycles. The topological polar surface area (TPSA) is 53.6 Å². The molecule has 0 bridgehead atoms. The Morgan fingerprint density at radius 3 is 2.65 bits per heavy atom. The van der Waals surface area contributed by atoms with Crippen LogP contribution >= 0.6 is 34.8 Å². The maximum atomic E-state index is 6.08. The average Bonchev–Trinajstić information content (AvgIpc) is 3.03. The summed E-state index contributed by atoms with van der Waals surface area (Å²) in [6, 6.07) is 9.82. The number of rotatable bonds is 4. The maximum Gasteiger partial charge on any atom is 0.179 e. The number of imidazole rings is 1. The molecule has 3 aromatic rings. The Morgan fingerprint density at radius 1 is 1.04 bits per heavy atom. The molecule has 1 aromatic carbocycles. The smallest absolute Gasteiger partial charge is 0.179 e. The molecule has 0 saturated heterocycles. The number of nitrogens with zero attached hydrogens (tertiary/aromatic N) is 2. The summed E-state index contributed by atoms with van der Waals surface area (Å²) in [5.74, 6) is 1.41. The molecule has 0 spiro atoms. The number of fused-ring (bicyclic) bond motifs is 1. The van der Waals surface area contributed by atoms with Gasteiger partial charge >= 0.3 is 0 Å². The van der Waals surface area contributed by atoms with Crippen LogP contribution in [0.3, 0.4) is 0 Å². The number of nitrogens with one attached hydrogen (secondary N) is 2. The average molecular weight is 410 g/mol. The fourth-order valence-corrected chi connectivity index (χ4v) is 4.39. The van der Waals surface area contributed by atoms with Crippen molar-refractivity contribution in [2.24, 2.45) is 0 Å². The summed E-state index contributed by atoms with van der Waals surface area (Å²) in [4.78, 5) is 12.4. The van der Waals surface area contributed by atoms with Crippen molar-refractivity contribution in [1.29, 1.82) is 0 Å². The Kier molecular flexibility index (Phi) is 5.37. The van der Waals surface area contributed by atoms with E-state index in [1.807, 2.05) is 18.2 Å². The Hall–Kier alpha value is -1.33. The predicted octanol–water partition coefficient (Wildman–Crippen LogP) is 5.73. The van der Waals surface area contributed by atoms with Gasteiger partial charge in [-0.1, -0.05) is 41.2 Å². The molecule has 2 heterocycles. The van der Waals surface area contributed by atoms with Gasteiger partial charge in [0.25, 0.3) is 0 Å². The van der Waals surface area contributed by atoms with Crippen LogP contribution in [-0.2, 0) is 6.54 Å². The summed E-state index contributed by atoms with van der Waals surface area (Å²) in [6.45, 7) is 0.759. The Bertz CT molecular complexity index is 904. The van der Waals surface area contributed by atoms with E-state index in [2.05, 4.69) is 20.3 Å². The molecule has 4 nitrogen and oxygen atoms in total. The number of H-pyrrole nitrogens is 1. The van der Waals surface area contributed by atoms with Crippen LogP contribution in [0.1, 0.15) is 43.0 Å². The van der Waals surface area contributed by atoms with Gasteiger partial charge in [0.15, 0.2) is 5.65 Å². The standard InChI is InChI=1S/C19H19Cl3N4/c20-13-6-11(7-14(21)9-13)10-23-15-3-1-2-12(8-15)18-24-16-4-5-17(22)25-19(16)26-18/h4-7,9,12,15,23H,1-3,8,10H2,(H,24,25,26)/t12-,15+/m1/s1. The van der Waals surface area contributed by atoms with Crippen molar-refractivity contribution in [3.63, 3.8) is 0 Å². The third-order valence-corrected chi connectivity index (χ3v) is 5.56. The van der Waals surface area contributed by atoms with E-state index < -0.39 is 0 Å². The fourth-order valence-electron chi connectivity index (χ4n) is 3.68.